The summed E-state index contributed by atoms with van der Waals surface area (Å²) in [7, 11) is 3.29. The molecule has 20 heavy (non-hydrogen) atoms. The monoisotopic (exact) mass is 279 g/mol. The Balaban J connectivity index is 1.89. The van der Waals surface area contributed by atoms with Gasteiger partial charge in [-0.2, -0.15) is 0 Å². The number of nitrogens with one attached hydrogen (secondary N) is 1. The van der Waals surface area contributed by atoms with Gasteiger partial charge in [0, 0.05) is 31.4 Å². The number of aromatic nitrogens is 1. The van der Waals surface area contributed by atoms with E-state index in [0.717, 1.165) is 23.7 Å². The summed E-state index contributed by atoms with van der Waals surface area (Å²) in [6, 6.07) is 2.25. The number of likely N-dealkylation sites (tertiary alicyclic amines) is 1. The molecule has 1 fully saturated rings. The van der Waals surface area contributed by atoms with Crippen molar-refractivity contribution in [1.29, 1.82) is 0 Å². The average Bonchev–Trinajstić information content (AvgIpc) is 2.97. The first-order valence-electron chi connectivity index (χ1n) is 7.26. The molecule has 1 aromatic rings. The van der Waals surface area contributed by atoms with Crippen LogP contribution in [0.3, 0.4) is 0 Å². The first-order chi connectivity index (χ1) is 9.74. The second-order valence-electron chi connectivity index (χ2n) is 5.28. The predicted octanol–water partition coefficient (Wildman–Crippen LogP) is 1.67. The molecule has 1 aliphatic heterocycles. The van der Waals surface area contributed by atoms with Gasteiger partial charge in [-0.1, -0.05) is 0 Å². The lowest BCUT2D eigenvalue weighted by Gasteiger charge is -2.21. The lowest BCUT2D eigenvalue weighted by Crippen LogP contribution is -2.37. The predicted molar refractivity (Wildman–Crippen MR) is 79.3 cm³/mol. The Labute approximate surface area is 121 Å². The summed E-state index contributed by atoms with van der Waals surface area (Å²) in [5.41, 5.74) is 0.889. The van der Waals surface area contributed by atoms with Gasteiger partial charge in [0.15, 0.2) is 11.5 Å². The molecule has 0 spiro atoms. The second-order valence-corrected chi connectivity index (χ2v) is 5.28. The van der Waals surface area contributed by atoms with Crippen molar-refractivity contribution in [3.8, 4) is 11.5 Å². The van der Waals surface area contributed by atoms with Gasteiger partial charge in [0.2, 0.25) is 0 Å². The molecule has 0 radical (unpaired) electrons. The Morgan fingerprint density at radius 2 is 2.05 bits per heavy atom. The molecule has 0 aromatic carbocycles. The highest BCUT2D eigenvalue weighted by atomic mass is 16.5. The molecule has 0 bridgehead atoms. The quantitative estimate of drug-likeness (QED) is 0.822. The number of ether oxygens (including phenoxy) is 2. The van der Waals surface area contributed by atoms with Gasteiger partial charge >= 0.3 is 0 Å². The normalized spacial score (nSPS) is 17.1. The van der Waals surface area contributed by atoms with Gasteiger partial charge in [-0.25, -0.2) is 0 Å². The summed E-state index contributed by atoms with van der Waals surface area (Å²) >= 11 is 0. The molecule has 1 aliphatic rings. The zero-order valence-corrected chi connectivity index (χ0v) is 12.7. The summed E-state index contributed by atoms with van der Waals surface area (Å²) in [6.07, 6.45) is 4.42. The van der Waals surface area contributed by atoms with E-state index in [1.54, 1.807) is 20.4 Å². The van der Waals surface area contributed by atoms with Gasteiger partial charge < -0.3 is 19.7 Å². The Hall–Kier alpha value is -1.33. The molecule has 2 rings (SSSR count). The summed E-state index contributed by atoms with van der Waals surface area (Å²) < 4.78 is 10.7. The minimum atomic E-state index is 0.436. The highest BCUT2D eigenvalue weighted by Gasteiger charge is 2.16. The summed E-state index contributed by atoms with van der Waals surface area (Å²) in [6.45, 7) is 6.45. The van der Waals surface area contributed by atoms with Crippen LogP contribution < -0.4 is 14.8 Å². The summed E-state index contributed by atoms with van der Waals surface area (Å²) in [5, 5.41) is 3.51. The van der Waals surface area contributed by atoms with E-state index in [2.05, 4.69) is 22.1 Å². The van der Waals surface area contributed by atoms with Crippen LogP contribution in [0.25, 0.3) is 0 Å². The first-order valence-corrected chi connectivity index (χ1v) is 7.26. The molecule has 1 unspecified atom stereocenters. The number of nitrogens with zero attached hydrogens (tertiary/aromatic N) is 2. The van der Waals surface area contributed by atoms with E-state index in [1.807, 2.05) is 6.07 Å². The molecule has 0 aliphatic carbocycles. The van der Waals surface area contributed by atoms with Crippen molar-refractivity contribution < 1.29 is 9.47 Å². The Kier molecular flexibility index (Phi) is 5.61. The van der Waals surface area contributed by atoms with E-state index in [-0.39, 0.29) is 0 Å². The van der Waals surface area contributed by atoms with Crippen molar-refractivity contribution in [2.24, 2.45) is 0 Å². The zero-order chi connectivity index (χ0) is 14.4. The van der Waals surface area contributed by atoms with Crippen LogP contribution in [-0.4, -0.2) is 49.8 Å². The van der Waals surface area contributed by atoms with Crippen LogP contribution in [0.15, 0.2) is 12.3 Å². The maximum Gasteiger partial charge on any atom is 0.183 e. The molecule has 1 atom stereocenters. The fourth-order valence-electron chi connectivity index (χ4n) is 2.66. The maximum absolute atomic E-state index is 5.40. The minimum absolute atomic E-state index is 0.436. The fourth-order valence-corrected chi connectivity index (χ4v) is 2.66. The maximum atomic E-state index is 5.40. The molecule has 0 amide bonds. The fraction of sp³-hybridized carbons (Fsp3) is 0.667. The molecule has 1 N–H and O–H groups in total. The average molecular weight is 279 g/mol. The van der Waals surface area contributed by atoms with Gasteiger partial charge in [-0.3, -0.25) is 4.98 Å². The van der Waals surface area contributed by atoms with Crippen molar-refractivity contribution in [3.05, 3.63) is 18.0 Å². The first kappa shape index (κ1) is 15.1. The van der Waals surface area contributed by atoms with Gasteiger partial charge in [0.1, 0.15) is 0 Å². The zero-order valence-electron chi connectivity index (χ0n) is 12.7. The lowest BCUT2D eigenvalue weighted by atomic mass is 10.2. The summed E-state index contributed by atoms with van der Waals surface area (Å²) in [5.74, 6) is 1.45. The van der Waals surface area contributed by atoms with Gasteiger partial charge in [-0.15, -0.1) is 0 Å². The van der Waals surface area contributed by atoms with Gasteiger partial charge in [-0.05, 0) is 32.9 Å². The van der Waals surface area contributed by atoms with E-state index in [4.69, 9.17) is 9.47 Å². The molecule has 2 heterocycles. The van der Waals surface area contributed by atoms with Crippen LogP contribution in [0.5, 0.6) is 11.5 Å². The number of hydrogen-bond acceptors (Lipinski definition) is 5. The molecule has 0 saturated carbocycles. The third-order valence-electron chi connectivity index (χ3n) is 3.71. The second kappa shape index (κ2) is 7.45. The van der Waals surface area contributed by atoms with Crippen molar-refractivity contribution in [2.75, 3.05) is 33.9 Å². The van der Waals surface area contributed by atoms with Crippen LogP contribution in [-0.2, 0) is 6.54 Å². The molecular formula is C15H25N3O2. The highest BCUT2D eigenvalue weighted by Crippen LogP contribution is 2.28. The number of pyridine rings is 1. The Morgan fingerprint density at radius 3 is 2.70 bits per heavy atom. The van der Waals surface area contributed by atoms with Gasteiger partial charge in [0.25, 0.3) is 0 Å². The van der Waals surface area contributed by atoms with Gasteiger partial charge in [0.05, 0.1) is 19.9 Å². The molecule has 5 nitrogen and oxygen atoms in total. The molecule has 1 aromatic heterocycles. The SMILES string of the molecule is COc1ccnc(CNC(C)CN2CCCC2)c1OC. The van der Waals surface area contributed by atoms with Crippen molar-refractivity contribution in [3.63, 3.8) is 0 Å². The van der Waals surface area contributed by atoms with Crippen LogP contribution >= 0.6 is 0 Å². The standard InChI is InChI=1S/C15H25N3O2/c1-12(11-18-8-4-5-9-18)17-10-13-15(20-3)14(19-2)6-7-16-13/h6-7,12,17H,4-5,8-11H2,1-3H3. The smallest absolute Gasteiger partial charge is 0.183 e. The topological polar surface area (TPSA) is 46.6 Å². The number of hydrogen-bond donors (Lipinski definition) is 1. The van der Waals surface area contributed by atoms with Crippen LogP contribution in [0.2, 0.25) is 0 Å². The number of methoxy groups -OCH3 is 2. The van der Waals surface area contributed by atoms with Crippen molar-refractivity contribution >= 4 is 0 Å². The lowest BCUT2D eigenvalue weighted by molar-refractivity contribution is 0.296. The Morgan fingerprint density at radius 1 is 1.30 bits per heavy atom. The van der Waals surface area contributed by atoms with E-state index in [0.29, 0.717) is 12.6 Å². The molecule has 1 saturated heterocycles. The van der Waals surface area contributed by atoms with Crippen LogP contribution in [0.1, 0.15) is 25.5 Å². The molecular weight excluding hydrogens is 254 g/mol. The largest absolute Gasteiger partial charge is 0.493 e. The van der Waals surface area contributed by atoms with Crippen molar-refractivity contribution in [2.45, 2.75) is 32.4 Å². The number of rotatable bonds is 7. The minimum Gasteiger partial charge on any atom is -0.493 e. The Bertz CT molecular complexity index is 420. The van der Waals surface area contributed by atoms with E-state index >= 15 is 0 Å². The summed E-state index contributed by atoms with van der Waals surface area (Å²) in [4.78, 5) is 6.89. The third kappa shape index (κ3) is 3.84. The van der Waals surface area contributed by atoms with Crippen LogP contribution in [0.4, 0.5) is 0 Å². The van der Waals surface area contributed by atoms with E-state index < -0.39 is 0 Å². The van der Waals surface area contributed by atoms with Crippen LogP contribution in [0, 0.1) is 0 Å². The molecule has 112 valence electrons. The van der Waals surface area contributed by atoms with E-state index in [9.17, 15) is 0 Å². The van der Waals surface area contributed by atoms with E-state index in [1.165, 1.54) is 25.9 Å². The molecule has 5 heteroatoms. The third-order valence-corrected chi connectivity index (χ3v) is 3.71. The highest BCUT2D eigenvalue weighted by molar-refractivity contribution is 5.42. The van der Waals surface area contributed by atoms with Crippen molar-refractivity contribution in [1.82, 2.24) is 15.2 Å².